The number of carboxylic acid groups (broad SMARTS) is 1. The van der Waals surface area contributed by atoms with Crippen LogP contribution in [-0.2, 0) is 4.79 Å². The van der Waals surface area contributed by atoms with Crippen LogP contribution in [0.5, 0.6) is 5.75 Å². The van der Waals surface area contributed by atoms with Crippen LogP contribution in [0.1, 0.15) is 33.6 Å². The first-order chi connectivity index (χ1) is 13.1. The highest BCUT2D eigenvalue weighted by Crippen LogP contribution is 2.34. The Bertz CT molecular complexity index is 677. The SMILES string of the molecule is CC(C)(C)C1CN(C(=O)O)CCC1NC(=O)C(CCO)Oc1ccc(Br)nc1. The molecule has 8 nitrogen and oxygen atoms in total. The molecule has 28 heavy (non-hydrogen) atoms. The smallest absolute Gasteiger partial charge is 0.407 e. The Kier molecular flexibility index (Phi) is 7.65. The summed E-state index contributed by atoms with van der Waals surface area (Å²) in [4.78, 5) is 29.7. The summed E-state index contributed by atoms with van der Waals surface area (Å²) < 4.78 is 6.39. The van der Waals surface area contributed by atoms with Crippen molar-refractivity contribution in [1.29, 1.82) is 0 Å². The number of rotatable bonds is 6. The lowest BCUT2D eigenvalue weighted by Gasteiger charge is -2.44. The maximum atomic E-state index is 12.9. The van der Waals surface area contributed by atoms with Gasteiger partial charge in [0.2, 0.25) is 0 Å². The minimum absolute atomic E-state index is 0.0366. The Morgan fingerprint density at radius 1 is 1.43 bits per heavy atom. The van der Waals surface area contributed by atoms with Crippen LogP contribution in [-0.4, -0.2) is 63.9 Å². The van der Waals surface area contributed by atoms with E-state index in [1.54, 1.807) is 12.1 Å². The molecule has 0 saturated carbocycles. The van der Waals surface area contributed by atoms with Crippen LogP contribution in [0.15, 0.2) is 22.9 Å². The summed E-state index contributed by atoms with van der Waals surface area (Å²) in [6.45, 7) is 6.66. The van der Waals surface area contributed by atoms with Crippen molar-refractivity contribution in [1.82, 2.24) is 15.2 Å². The van der Waals surface area contributed by atoms with Gasteiger partial charge in [0, 0.05) is 38.1 Å². The second-order valence-corrected chi connectivity index (χ2v) is 8.85. The molecule has 1 fully saturated rings. The van der Waals surface area contributed by atoms with Gasteiger partial charge < -0.3 is 25.2 Å². The van der Waals surface area contributed by atoms with E-state index in [-0.39, 0.29) is 36.3 Å². The van der Waals surface area contributed by atoms with E-state index in [0.29, 0.717) is 29.9 Å². The first kappa shape index (κ1) is 22.4. The molecule has 1 aromatic rings. The van der Waals surface area contributed by atoms with Gasteiger partial charge in [-0.1, -0.05) is 20.8 Å². The van der Waals surface area contributed by atoms with Crippen molar-refractivity contribution in [2.24, 2.45) is 11.3 Å². The average molecular weight is 458 g/mol. The number of hydrogen-bond donors (Lipinski definition) is 3. The molecule has 2 amide bonds. The third kappa shape index (κ3) is 6.07. The fourth-order valence-corrected chi connectivity index (χ4v) is 3.64. The molecule has 1 aliphatic heterocycles. The Morgan fingerprint density at radius 3 is 2.68 bits per heavy atom. The van der Waals surface area contributed by atoms with E-state index in [1.807, 2.05) is 20.8 Å². The number of aliphatic hydroxyl groups is 1. The molecule has 9 heteroatoms. The van der Waals surface area contributed by atoms with Crippen LogP contribution in [0.25, 0.3) is 0 Å². The van der Waals surface area contributed by atoms with Crippen LogP contribution in [0.4, 0.5) is 4.79 Å². The molecule has 3 atom stereocenters. The van der Waals surface area contributed by atoms with Gasteiger partial charge in [-0.05, 0) is 39.9 Å². The number of ether oxygens (including phenoxy) is 1. The first-order valence-electron chi connectivity index (χ1n) is 9.29. The highest BCUT2D eigenvalue weighted by atomic mass is 79.9. The van der Waals surface area contributed by atoms with Crippen LogP contribution < -0.4 is 10.1 Å². The lowest BCUT2D eigenvalue weighted by Crippen LogP contribution is -2.57. The summed E-state index contributed by atoms with van der Waals surface area (Å²) in [5.41, 5.74) is -0.185. The molecule has 1 saturated heterocycles. The molecular formula is C19H28BrN3O5. The van der Waals surface area contributed by atoms with E-state index >= 15 is 0 Å². The van der Waals surface area contributed by atoms with E-state index in [4.69, 9.17) is 4.74 Å². The summed E-state index contributed by atoms with van der Waals surface area (Å²) in [5.74, 6) is 0.0790. The van der Waals surface area contributed by atoms with Gasteiger partial charge in [-0.2, -0.15) is 0 Å². The molecule has 0 aliphatic carbocycles. The highest BCUT2D eigenvalue weighted by Gasteiger charge is 2.40. The van der Waals surface area contributed by atoms with Gasteiger partial charge in [-0.3, -0.25) is 4.79 Å². The molecule has 1 aliphatic rings. The highest BCUT2D eigenvalue weighted by molar-refractivity contribution is 9.10. The maximum absolute atomic E-state index is 12.9. The van der Waals surface area contributed by atoms with Gasteiger partial charge in [0.1, 0.15) is 10.4 Å². The molecular weight excluding hydrogens is 430 g/mol. The Labute approximate surface area is 173 Å². The summed E-state index contributed by atoms with van der Waals surface area (Å²) >= 11 is 3.25. The number of hydrogen-bond acceptors (Lipinski definition) is 5. The monoisotopic (exact) mass is 457 g/mol. The van der Waals surface area contributed by atoms with Crippen molar-refractivity contribution in [3.8, 4) is 5.75 Å². The summed E-state index contributed by atoms with van der Waals surface area (Å²) in [5, 5.41) is 21.7. The quantitative estimate of drug-likeness (QED) is 0.565. The molecule has 1 aromatic heterocycles. The zero-order chi connectivity index (χ0) is 20.9. The predicted octanol–water partition coefficient (Wildman–Crippen LogP) is 2.50. The molecule has 3 N–H and O–H groups in total. The minimum atomic E-state index is -0.941. The molecule has 0 bridgehead atoms. The lowest BCUT2D eigenvalue weighted by molar-refractivity contribution is -0.130. The maximum Gasteiger partial charge on any atom is 0.407 e. The number of aromatic nitrogens is 1. The van der Waals surface area contributed by atoms with Crippen molar-refractivity contribution >= 4 is 27.9 Å². The number of carbonyl (C=O) groups excluding carboxylic acids is 1. The second-order valence-electron chi connectivity index (χ2n) is 8.04. The van der Waals surface area contributed by atoms with Crippen molar-refractivity contribution in [3.63, 3.8) is 0 Å². The van der Waals surface area contributed by atoms with E-state index in [9.17, 15) is 19.8 Å². The summed E-state index contributed by atoms with van der Waals surface area (Å²) in [7, 11) is 0. The zero-order valence-corrected chi connectivity index (χ0v) is 18.0. The van der Waals surface area contributed by atoms with Gasteiger partial charge >= 0.3 is 6.09 Å². The molecule has 2 rings (SSSR count). The number of aliphatic hydroxyl groups excluding tert-OH is 1. The zero-order valence-electron chi connectivity index (χ0n) is 16.4. The minimum Gasteiger partial charge on any atom is -0.479 e. The van der Waals surface area contributed by atoms with Crippen molar-refractivity contribution in [2.45, 2.75) is 45.8 Å². The second kappa shape index (κ2) is 9.56. The van der Waals surface area contributed by atoms with Crippen LogP contribution in [0, 0.1) is 11.3 Å². The molecule has 0 spiro atoms. The van der Waals surface area contributed by atoms with Gasteiger partial charge in [-0.25, -0.2) is 9.78 Å². The fourth-order valence-electron chi connectivity index (χ4n) is 3.41. The number of nitrogens with one attached hydrogen (secondary N) is 1. The van der Waals surface area contributed by atoms with Gasteiger partial charge in [0.25, 0.3) is 5.91 Å². The Hall–Kier alpha value is -1.87. The Morgan fingerprint density at radius 2 is 2.14 bits per heavy atom. The van der Waals surface area contributed by atoms with Crippen molar-refractivity contribution < 1.29 is 24.5 Å². The van der Waals surface area contributed by atoms with E-state index in [0.717, 1.165) is 0 Å². The molecule has 0 radical (unpaired) electrons. The largest absolute Gasteiger partial charge is 0.479 e. The van der Waals surface area contributed by atoms with Crippen LogP contribution in [0.2, 0.25) is 0 Å². The molecule has 3 unspecified atom stereocenters. The number of likely N-dealkylation sites (tertiary alicyclic amines) is 1. The van der Waals surface area contributed by atoms with Crippen molar-refractivity contribution in [3.05, 3.63) is 22.9 Å². The molecule has 2 heterocycles. The predicted molar refractivity (Wildman–Crippen MR) is 107 cm³/mol. The number of pyridine rings is 1. The normalized spacial score (nSPS) is 21.1. The van der Waals surface area contributed by atoms with E-state index < -0.39 is 12.2 Å². The number of amides is 2. The first-order valence-corrected chi connectivity index (χ1v) is 10.1. The fraction of sp³-hybridized carbons (Fsp3) is 0.632. The molecule has 0 aromatic carbocycles. The number of halogens is 1. The third-order valence-electron chi connectivity index (χ3n) is 4.99. The number of piperidine rings is 1. The summed E-state index contributed by atoms with van der Waals surface area (Å²) in [6, 6.07) is 3.23. The number of carbonyl (C=O) groups is 2. The van der Waals surface area contributed by atoms with Gasteiger partial charge in [-0.15, -0.1) is 0 Å². The van der Waals surface area contributed by atoms with Gasteiger partial charge in [0.15, 0.2) is 6.10 Å². The lowest BCUT2D eigenvalue weighted by atomic mass is 9.73. The topological polar surface area (TPSA) is 112 Å². The summed E-state index contributed by atoms with van der Waals surface area (Å²) in [6.07, 6.45) is 0.390. The van der Waals surface area contributed by atoms with E-state index in [2.05, 4.69) is 26.2 Å². The third-order valence-corrected chi connectivity index (χ3v) is 5.45. The van der Waals surface area contributed by atoms with Crippen LogP contribution >= 0.6 is 15.9 Å². The standard InChI is InChI=1S/C19H28BrN3O5/c1-19(2,3)13-11-23(18(26)27)8-6-14(13)22-17(25)15(7-9-24)28-12-4-5-16(20)21-10-12/h4-5,10,13-15,24H,6-9,11H2,1-3H3,(H,22,25)(H,26,27). The van der Waals surface area contributed by atoms with Crippen molar-refractivity contribution in [2.75, 3.05) is 19.7 Å². The van der Waals surface area contributed by atoms with Crippen LogP contribution in [0.3, 0.4) is 0 Å². The van der Waals surface area contributed by atoms with E-state index in [1.165, 1.54) is 11.1 Å². The number of nitrogens with zero attached hydrogens (tertiary/aromatic N) is 2. The molecule has 156 valence electrons. The average Bonchev–Trinajstić information content (AvgIpc) is 2.62. The Balaban J connectivity index is 2.09. The van der Waals surface area contributed by atoms with Gasteiger partial charge in [0.05, 0.1) is 6.20 Å².